The molecule has 1 N–H and O–H groups in total. The third kappa shape index (κ3) is 3.75. The second-order valence-corrected chi connectivity index (χ2v) is 9.56. The van der Waals surface area contributed by atoms with E-state index in [1.807, 2.05) is 27.7 Å². The Labute approximate surface area is 183 Å². The van der Waals surface area contributed by atoms with Gasteiger partial charge in [-0.25, -0.2) is 9.59 Å². The Bertz CT molecular complexity index is 765. The summed E-state index contributed by atoms with van der Waals surface area (Å²) in [6.07, 6.45) is 1.25. The van der Waals surface area contributed by atoms with E-state index in [1.54, 1.807) is 4.90 Å². The normalized spacial score (nSPS) is 29.3. The van der Waals surface area contributed by atoms with Crippen molar-refractivity contribution in [3.63, 3.8) is 0 Å². The Morgan fingerprint density at radius 1 is 1.23 bits per heavy atom. The number of hydrogen-bond acceptors (Lipinski definition) is 7. The zero-order valence-electron chi connectivity index (χ0n) is 19.3. The lowest BCUT2D eigenvalue weighted by atomic mass is 9.85. The summed E-state index contributed by atoms with van der Waals surface area (Å²) in [5, 5.41) is 2.62. The Morgan fingerprint density at radius 3 is 2.45 bits per heavy atom. The maximum atomic E-state index is 13.7. The number of likely N-dealkylation sites (N-methyl/N-ethyl adjacent to an activating group) is 1. The molecular formula is C21H34N4O6. The summed E-state index contributed by atoms with van der Waals surface area (Å²) in [4.78, 5) is 56.9. The minimum atomic E-state index is -0.913. The first-order valence-corrected chi connectivity index (χ1v) is 10.8. The van der Waals surface area contributed by atoms with Crippen LogP contribution in [0.25, 0.3) is 0 Å². The van der Waals surface area contributed by atoms with Crippen molar-refractivity contribution in [1.29, 1.82) is 0 Å². The van der Waals surface area contributed by atoms with Crippen LogP contribution >= 0.6 is 0 Å². The molecule has 174 valence electrons. The van der Waals surface area contributed by atoms with Crippen molar-refractivity contribution in [3.8, 4) is 0 Å². The lowest BCUT2D eigenvalue weighted by Gasteiger charge is -2.40. The Balaban J connectivity index is 2.00. The maximum absolute atomic E-state index is 13.7. The number of fused-ring (bicyclic) bond motifs is 2. The molecule has 0 aliphatic carbocycles. The number of rotatable bonds is 4. The van der Waals surface area contributed by atoms with Crippen LogP contribution in [0.1, 0.15) is 47.0 Å². The molecule has 2 unspecified atom stereocenters. The summed E-state index contributed by atoms with van der Waals surface area (Å²) in [7, 11) is 2.53. The van der Waals surface area contributed by atoms with Gasteiger partial charge < -0.3 is 24.6 Å². The molecule has 0 saturated carbocycles. The summed E-state index contributed by atoms with van der Waals surface area (Å²) in [6, 6.07) is -1.97. The van der Waals surface area contributed by atoms with E-state index in [4.69, 9.17) is 9.47 Å². The summed E-state index contributed by atoms with van der Waals surface area (Å²) in [5.74, 6) is -0.864. The second kappa shape index (κ2) is 8.29. The molecule has 0 bridgehead atoms. The number of carbonyl (C=O) groups is 4. The molecule has 3 amide bonds. The van der Waals surface area contributed by atoms with Gasteiger partial charge in [0.1, 0.15) is 17.7 Å². The van der Waals surface area contributed by atoms with Crippen LogP contribution in [0.15, 0.2) is 0 Å². The van der Waals surface area contributed by atoms with Crippen molar-refractivity contribution in [1.82, 2.24) is 20.0 Å². The van der Waals surface area contributed by atoms with Gasteiger partial charge in [0.25, 0.3) is 0 Å². The predicted octanol–water partition coefficient (Wildman–Crippen LogP) is 0.554. The first-order chi connectivity index (χ1) is 14.5. The predicted molar refractivity (Wildman–Crippen MR) is 111 cm³/mol. The number of nitrogens with zero attached hydrogens (tertiary/aromatic N) is 3. The van der Waals surface area contributed by atoms with Crippen molar-refractivity contribution in [2.24, 2.45) is 5.41 Å². The highest BCUT2D eigenvalue weighted by Crippen LogP contribution is 2.46. The quantitative estimate of drug-likeness (QED) is 0.639. The smallest absolute Gasteiger partial charge is 0.407 e. The highest BCUT2D eigenvalue weighted by molar-refractivity contribution is 5.92. The van der Waals surface area contributed by atoms with E-state index in [0.29, 0.717) is 6.54 Å². The number of likely N-dealkylation sites (tertiary alicyclic amines) is 1. The Hall–Kier alpha value is -2.36. The van der Waals surface area contributed by atoms with E-state index in [-0.39, 0.29) is 24.9 Å². The molecule has 0 aromatic rings. The van der Waals surface area contributed by atoms with Crippen LogP contribution in [-0.4, -0.2) is 96.2 Å². The van der Waals surface area contributed by atoms with Gasteiger partial charge in [-0.1, -0.05) is 20.8 Å². The molecule has 3 rings (SSSR count). The van der Waals surface area contributed by atoms with Crippen LogP contribution in [0.2, 0.25) is 0 Å². The molecule has 4 atom stereocenters. The van der Waals surface area contributed by atoms with Gasteiger partial charge in [-0.2, -0.15) is 0 Å². The number of amides is 3. The number of nitrogens with one attached hydrogen (secondary N) is 1. The van der Waals surface area contributed by atoms with Gasteiger partial charge in [0, 0.05) is 19.5 Å². The SMILES string of the molecule is CCN1C(=O)[C@@H]2CCCN2C12C[C@@H](C(=O)OC)N(C(=O)C(NC(=O)OC)C(C)(C)C)C2. The summed E-state index contributed by atoms with van der Waals surface area (Å²) in [5.41, 5.74) is -1.37. The highest BCUT2D eigenvalue weighted by atomic mass is 16.5. The number of methoxy groups -OCH3 is 2. The Kier molecular flexibility index (Phi) is 6.23. The first kappa shape index (κ1) is 23.3. The van der Waals surface area contributed by atoms with Crippen molar-refractivity contribution in [3.05, 3.63) is 0 Å². The number of ether oxygens (including phenoxy) is 2. The number of carbonyl (C=O) groups excluding carboxylic acids is 4. The molecule has 3 saturated heterocycles. The van der Waals surface area contributed by atoms with E-state index in [2.05, 4.69) is 10.2 Å². The zero-order chi connectivity index (χ0) is 23.1. The van der Waals surface area contributed by atoms with Gasteiger partial charge in [0.2, 0.25) is 11.8 Å². The summed E-state index contributed by atoms with van der Waals surface area (Å²) >= 11 is 0. The highest BCUT2D eigenvalue weighted by Gasteiger charge is 2.64. The molecule has 3 aliphatic heterocycles. The average Bonchev–Trinajstić information content (AvgIpc) is 3.40. The third-order valence-corrected chi connectivity index (χ3v) is 6.79. The molecule has 10 nitrogen and oxygen atoms in total. The molecule has 0 aromatic carbocycles. The van der Waals surface area contributed by atoms with Crippen LogP contribution in [0.5, 0.6) is 0 Å². The monoisotopic (exact) mass is 438 g/mol. The van der Waals surface area contributed by atoms with Crippen molar-refractivity contribution < 1.29 is 28.7 Å². The van der Waals surface area contributed by atoms with Gasteiger partial charge in [-0.3, -0.25) is 14.5 Å². The third-order valence-electron chi connectivity index (χ3n) is 6.79. The molecule has 0 aromatic heterocycles. The largest absolute Gasteiger partial charge is 0.467 e. The minimum Gasteiger partial charge on any atom is -0.467 e. The van der Waals surface area contributed by atoms with Gasteiger partial charge in [0.15, 0.2) is 0 Å². The Morgan fingerprint density at radius 2 is 1.90 bits per heavy atom. The topological polar surface area (TPSA) is 108 Å². The standard InChI is InChI=1S/C21H34N4O6/c1-7-24-16(26)13-9-8-10-25(13)21(24)11-14(18(28)30-5)23(12-21)17(27)15(20(2,3)4)22-19(29)31-6/h13-15H,7-12H2,1-6H3,(H,22,29)/t13-,14-,15?,21?/m0/s1. The van der Waals surface area contributed by atoms with Gasteiger partial charge in [-0.05, 0) is 25.2 Å². The van der Waals surface area contributed by atoms with Crippen molar-refractivity contribution in [2.75, 3.05) is 33.9 Å². The summed E-state index contributed by atoms with van der Waals surface area (Å²) < 4.78 is 9.73. The lowest BCUT2D eigenvalue weighted by molar-refractivity contribution is -0.152. The van der Waals surface area contributed by atoms with Gasteiger partial charge >= 0.3 is 12.1 Å². The fraction of sp³-hybridized carbons (Fsp3) is 0.810. The van der Waals surface area contributed by atoms with E-state index >= 15 is 0 Å². The fourth-order valence-corrected chi connectivity index (χ4v) is 5.35. The van der Waals surface area contributed by atoms with E-state index in [0.717, 1.165) is 19.4 Å². The summed E-state index contributed by atoms with van der Waals surface area (Å²) in [6.45, 7) is 8.83. The van der Waals surface area contributed by atoms with E-state index < -0.39 is 41.1 Å². The number of hydrogen-bond donors (Lipinski definition) is 1. The molecule has 3 aliphatic rings. The first-order valence-electron chi connectivity index (χ1n) is 10.8. The minimum absolute atomic E-state index is 0.0537. The van der Waals surface area contributed by atoms with Gasteiger partial charge in [0.05, 0.1) is 26.8 Å². The van der Waals surface area contributed by atoms with Gasteiger partial charge in [-0.15, -0.1) is 0 Å². The number of esters is 1. The molecular weight excluding hydrogens is 404 g/mol. The molecule has 10 heteroatoms. The second-order valence-electron chi connectivity index (χ2n) is 9.56. The van der Waals surface area contributed by atoms with E-state index in [9.17, 15) is 19.2 Å². The van der Waals surface area contributed by atoms with Crippen molar-refractivity contribution in [2.45, 2.75) is 70.7 Å². The van der Waals surface area contributed by atoms with Crippen LogP contribution in [-0.2, 0) is 23.9 Å². The molecule has 3 heterocycles. The average molecular weight is 439 g/mol. The molecule has 3 fully saturated rings. The number of alkyl carbamates (subject to hydrolysis) is 1. The van der Waals surface area contributed by atoms with Crippen LogP contribution in [0.3, 0.4) is 0 Å². The fourth-order valence-electron chi connectivity index (χ4n) is 5.35. The molecule has 1 spiro atoms. The van der Waals surface area contributed by atoms with Crippen molar-refractivity contribution >= 4 is 23.9 Å². The van der Waals surface area contributed by atoms with Crippen LogP contribution in [0, 0.1) is 5.41 Å². The van der Waals surface area contributed by atoms with Crippen LogP contribution < -0.4 is 5.32 Å². The maximum Gasteiger partial charge on any atom is 0.407 e. The van der Waals surface area contributed by atoms with E-state index in [1.165, 1.54) is 19.1 Å². The molecule has 0 radical (unpaired) electrons. The molecule has 31 heavy (non-hydrogen) atoms. The zero-order valence-corrected chi connectivity index (χ0v) is 19.3. The lowest BCUT2D eigenvalue weighted by Crippen LogP contribution is -2.59. The van der Waals surface area contributed by atoms with Crippen LogP contribution in [0.4, 0.5) is 4.79 Å².